The summed E-state index contributed by atoms with van der Waals surface area (Å²) in [5.41, 5.74) is 2.05. The minimum Gasteiger partial charge on any atom is -0.311 e. The zero-order valence-corrected chi connectivity index (χ0v) is 11.7. The molecule has 0 aromatic carbocycles. The number of thiazole rings is 1. The Morgan fingerprint density at radius 2 is 2.22 bits per heavy atom. The molecule has 2 heterocycles. The molecule has 0 atom stereocenters. The fourth-order valence-corrected chi connectivity index (χ4v) is 2.38. The molecule has 0 unspecified atom stereocenters. The first-order valence-electron chi connectivity index (χ1n) is 6.34. The predicted molar refractivity (Wildman–Crippen MR) is 72.6 cm³/mol. The number of aryl methyl sites for hydroxylation is 1. The van der Waals surface area contributed by atoms with Crippen LogP contribution in [0.5, 0.6) is 0 Å². The Hall–Kier alpha value is -1.27. The number of hydrogen-bond donors (Lipinski definition) is 1. The van der Waals surface area contributed by atoms with Crippen molar-refractivity contribution in [3.63, 3.8) is 0 Å². The van der Waals surface area contributed by atoms with Crippen molar-refractivity contribution < 1.29 is 0 Å². The van der Waals surface area contributed by atoms with Crippen LogP contribution in [-0.2, 0) is 19.5 Å². The van der Waals surface area contributed by atoms with Gasteiger partial charge in [-0.15, -0.1) is 16.4 Å². The summed E-state index contributed by atoms with van der Waals surface area (Å²) in [5.74, 6) is 0. The van der Waals surface area contributed by atoms with Gasteiger partial charge in [0.25, 0.3) is 0 Å². The molecular weight excluding hydrogens is 246 g/mol. The second-order valence-electron chi connectivity index (χ2n) is 4.17. The molecule has 18 heavy (non-hydrogen) atoms. The van der Waals surface area contributed by atoms with Gasteiger partial charge in [-0.1, -0.05) is 19.1 Å². The van der Waals surface area contributed by atoms with E-state index in [9.17, 15) is 0 Å². The number of nitrogens with zero attached hydrogens (tertiary/aromatic N) is 4. The van der Waals surface area contributed by atoms with Crippen LogP contribution < -0.4 is 5.32 Å². The van der Waals surface area contributed by atoms with Crippen LogP contribution in [0.4, 0.5) is 0 Å². The van der Waals surface area contributed by atoms with Crippen LogP contribution in [0.2, 0.25) is 0 Å². The van der Waals surface area contributed by atoms with E-state index in [1.165, 1.54) is 5.01 Å². The monoisotopic (exact) mass is 265 g/mol. The minimum atomic E-state index is 0.706. The summed E-state index contributed by atoms with van der Waals surface area (Å²) >= 11 is 1.71. The van der Waals surface area contributed by atoms with Crippen LogP contribution in [0.3, 0.4) is 0 Å². The Morgan fingerprint density at radius 1 is 1.33 bits per heavy atom. The Balaban J connectivity index is 1.89. The van der Waals surface area contributed by atoms with Crippen molar-refractivity contribution in [3.8, 4) is 0 Å². The Bertz CT molecular complexity index is 476. The summed E-state index contributed by atoms with van der Waals surface area (Å²) in [5, 5.41) is 14.8. The fourth-order valence-electron chi connectivity index (χ4n) is 1.64. The van der Waals surface area contributed by atoms with Gasteiger partial charge in [0.2, 0.25) is 0 Å². The van der Waals surface area contributed by atoms with Crippen LogP contribution in [0, 0.1) is 0 Å². The third kappa shape index (κ3) is 3.61. The topological polar surface area (TPSA) is 55.6 Å². The lowest BCUT2D eigenvalue weighted by Crippen LogP contribution is -2.13. The highest BCUT2D eigenvalue weighted by molar-refractivity contribution is 7.09. The molecule has 0 aliphatic rings. The highest BCUT2D eigenvalue weighted by Gasteiger charge is 2.04. The molecule has 0 saturated carbocycles. The van der Waals surface area contributed by atoms with E-state index in [4.69, 9.17) is 0 Å². The highest BCUT2D eigenvalue weighted by atomic mass is 32.1. The molecule has 2 rings (SSSR count). The van der Waals surface area contributed by atoms with Crippen LogP contribution >= 0.6 is 11.3 Å². The lowest BCUT2D eigenvalue weighted by molar-refractivity contribution is 0.637. The fraction of sp³-hybridized carbons (Fsp3) is 0.583. The van der Waals surface area contributed by atoms with E-state index in [1.54, 1.807) is 11.3 Å². The third-order valence-electron chi connectivity index (χ3n) is 2.54. The molecule has 0 saturated heterocycles. The van der Waals surface area contributed by atoms with Crippen molar-refractivity contribution in [2.45, 2.75) is 39.8 Å². The summed E-state index contributed by atoms with van der Waals surface area (Å²) in [6.07, 6.45) is 4.11. The highest BCUT2D eigenvalue weighted by Crippen LogP contribution is 2.11. The molecule has 0 radical (unpaired) electrons. The van der Waals surface area contributed by atoms with E-state index in [1.807, 2.05) is 10.9 Å². The molecule has 0 amide bonds. The van der Waals surface area contributed by atoms with Crippen LogP contribution in [0.15, 0.2) is 11.6 Å². The van der Waals surface area contributed by atoms with Gasteiger partial charge in [-0.05, 0) is 19.4 Å². The van der Waals surface area contributed by atoms with Crippen molar-refractivity contribution in [2.75, 3.05) is 6.54 Å². The van der Waals surface area contributed by atoms with Crippen molar-refractivity contribution in [3.05, 3.63) is 28.0 Å². The van der Waals surface area contributed by atoms with Crippen molar-refractivity contribution in [1.29, 1.82) is 0 Å². The average Bonchev–Trinajstić information content (AvgIpc) is 3.00. The van der Waals surface area contributed by atoms with Crippen LogP contribution in [-0.4, -0.2) is 26.5 Å². The first-order chi connectivity index (χ1) is 8.81. The lowest BCUT2D eigenvalue weighted by atomic mass is 10.4. The van der Waals surface area contributed by atoms with Crippen molar-refractivity contribution >= 4 is 11.3 Å². The quantitative estimate of drug-likeness (QED) is 0.776. The van der Waals surface area contributed by atoms with Crippen LogP contribution in [0.25, 0.3) is 0 Å². The van der Waals surface area contributed by atoms with Gasteiger partial charge in [0.05, 0.1) is 29.1 Å². The third-order valence-corrected chi connectivity index (χ3v) is 3.59. The molecule has 0 aliphatic carbocycles. The molecule has 1 N–H and O–H groups in total. The smallest absolute Gasteiger partial charge is 0.0964 e. The van der Waals surface area contributed by atoms with E-state index >= 15 is 0 Å². The molecular formula is C12H19N5S. The van der Waals surface area contributed by atoms with E-state index in [0.29, 0.717) is 6.54 Å². The summed E-state index contributed by atoms with van der Waals surface area (Å²) in [6, 6.07) is 0. The van der Waals surface area contributed by atoms with Gasteiger partial charge in [0.15, 0.2) is 0 Å². The SMILES string of the molecule is CCCNCc1cn(Cc2csc(CC)n2)nn1. The molecule has 0 bridgehead atoms. The van der Waals surface area contributed by atoms with E-state index in [-0.39, 0.29) is 0 Å². The first-order valence-corrected chi connectivity index (χ1v) is 7.22. The molecule has 2 aromatic heterocycles. The standard InChI is InChI=1S/C12H19N5S/c1-3-5-13-6-10-7-17(16-15-10)8-11-9-18-12(4-2)14-11/h7,9,13H,3-6,8H2,1-2H3. The number of hydrogen-bond acceptors (Lipinski definition) is 5. The zero-order chi connectivity index (χ0) is 12.8. The van der Waals surface area contributed by atoms with Crippen LogP contribution in [0.1, 0.15) is 36.7 Å². The molecule has 0 spiro atoms. The minimum absolute atomic E-state index is 0.706. The van der Waals surface area contributed by atoms with Gasteiger partial charge in [-0.2, -0.15) is 0 Å². The predicted octanol–water partition coefficient (Wildman–Crippen LogP) is 1.84. The number of aromatic nitrogens is 4. The van der Waals surface area contributed by atoms with Gasteiger partial charge in [0.1, 0.15) is 0 Å². The Morgan fingerprint density at radius 3 is 2.94 bits per heavy atom. The maximum absolute atomic E-state index is 4.52. The number of nitrogens with one attached hydrogen (secondary N) is 1. The normalized spacial score (nSPS) is 11.0. The van der Waals surface area contributed by atoms with Gasteiger partial charge >= 0.3 is 0 Å². The Kier molecular flexibility index (Phi) is 4.83. The zero-order valence-electron chi connectivity index (χ0n) is 10.9. The summed E-state index contributed by atoms with van der Waals surface area (Å²) in [6.45, 7) is 6.77. The van der Waals surface area contributed by atoms with E-state index in [2.05, 4.69) is 39.8 Å². The molecule has 6 heteroatoms. The molecule has 0 fully saturated rings. The second-order valence-corrected chi connectivity index (χ2v) is 5.11. The summed E-state index contributed by atoms with van der Waals surface area (Å²) < 4.78 is 1.84. The van der Waals surface area contributed by atoms with E-state index in [0.717, 1.165) is 37.3 Å². The number of rotatable bonds is 7. The lowest BCUT2D eigenvalue weighted by Gasteiger charge is -1.97. The summed E-state index contributed by atoms with van der Waals surface area (Å²) in [7, 11) is 0. The summed E-state index contributed by atoms with van der Waals surface area (Å²) in [4.78, 5) is 4.52. The largest absolute Gasteiger partial charge is 0.311 e. The first kappa shape index (κ1) is 13.2. The molecule has 98 valence electrons. The maximum Gasteiger partial charge on any atom is 0.0964 e. The molecule has 2 aromatic rings. The Labute approximate surface area is 111 Å². The molecule has 5 nitrogen and oxygen atoms in total. The van der Waals surface area contributed by atoms with Gasteiger partial charge in [-0.25, -0.2) is 9.67 Å². The van der Waals surface area contributed by atoms with Crippen molar-refractivity contribution in [2.24, 2.45) is 0 Å². The average molecular weight is 265 g/mol. The van der Waals surface area contributed by atoms with Gasteiger partial charge < -0.3 is 5.32 Å². The van der Waals surface area contributed by atoms with Gasteiger partial charge in [-0.3, -0.25) is 0 Å². The second kappa shape index (κ2) is 6.61. The maximum atomic E-state index is 4.52. The van der Waals surface area contributed by atoms with Crippen molar-refractivity contribution in [1.82, 2.24) is 25.3 Å². The molecule has 0 aliphatic heterocycles. The van der Waals surface area contributed by atoms with Gasteiger partial charge in [0, 0.05) is 11.9 Å². The van der Waals surface area contributed by atoms with E-state index < -0.39 is 0 Å².